The highest BCUT2D eigenvalue weighted by Crippen LogP contribution is 2.27. The second-order valence-corrected chi connectivity index (χ2v) is 9.43. The number of aryl methyl sites for hydroxylation is 1. The van der Waals surface area contributed by atoms with Crippen LogP contribution >= 0.6 is 11.3 Å². The highest BCUT2D eigenvalue weighted by atomic mass is 32.2. The molecule has 0 spiro atoms. The van der Waals surface area contributed by atoms with Crippen molar-refractivity contribution in [2.45, 2.75) is 44.6 Å². The van der Waals surface area contributed by atoms with Crippen LogP contribution in [0.3, 0.4) is 0 Å². The summed E-state index contributed by atoms with van der Waals surface area (Å²) >= 11 is 1.53. The number of hydrogen-bond acceptors (Lipinski definition) is 7. The first-order chi connectivity index (χ1) is 13.0. The SMILES string of the molecule is Cc1nn(Cc2nc(-c3cccs3)no2)c(C)c1S(=O)(=O)N1CCCCC1. The molecule has 0 aliphatic carbocycles. The van der Waals surface area contributed by atoms with Gasteiger partial charge in [-0.15, -0.1) is 11.3 Å². The van der Waals surface area contributed by atoms with E-state index in [1.807, 2.05) is 17.5 Å². The Kier molecular flexibility index (Phi) is 4.87. The van der Waals surface area contributed by atoms with Crippen LogP contribution in [0.5, 0.6) is 0 Å². The molecule has 4 heterocycles. The van der Waals surface area contributed by atoms with E-state index in [9.17, 15) is 8.42 Å². The molecule has 0 saturated carbocycles. The Hall–Kier alpha value is -2.04. The molecule has 1 aliphatic rings. The van der Waals surface area contributed by atoms with E-state index >= 15 is 0 Å². The van der Waals surface area contributed by atoms with Crippen molar-refractivity contribution in [3.63, 3.8) is 0 Å². The second kappa shape index (κ2) is 7.17. The Bertz CT molecular complexity index is 1030. The largest absolute Gasteiger partial charge is 0.337 e. The van der Waals surface area contributed by atoms with Crippen molar-refractivity contribution in [2.75, 3.05) is 13.1 Å². The van der Waals surface area contributed by atoms with Gasteiger partial charge in [-0.3, -0.25) is 4.68 Å². The van der Waals surface area contributed by atoms with E-state index in [4.69, 9.17) is 4.52 Å². The van der Waals surface area contributed by atoms with Crippen LogP contribution in [-0.4, -0.2) is 45.7 Å². The van der Waals surface area contributed by atoms with Gasteiger partial charge in [0.25, 0.3) is 0 Å². The fraction of sp³-hybridized carbons (Fsp3) is 0.471. The summed E-state index contributed by atoms with van der Waals surface area (Å²) in [7, 11) is -3.54. The zero-order valence-electron chi connectivity index (χ0n) is 15.3. The molecule has 1 fully saturated rings. The van der Waals surface area contributed by atoms with E-state index in [1.54, 1.807) is 22.8 Å². The summed E-state index contributed by atoms with van der Waals surface area (Å²) in [5.41, 5.74) is 1.09. The van der Waals surface area contributed by atoms with Crippen LogP contribution in [0.25, 0.3) is 10.7 Å². The summed E-state index contributed by atoms with van der Waals surface area (Å²) in [5.74, 6) is 0.925. The zero-order chi connectivity index (χ0) is 19.0. The number of hydrogen-bond donors (Lipinski definition) is 0. The molecule has 3 aromatic heterocycles. The average molecular weight is 408 g/mol. The maximum atomic E-state index is 13.1. The predicted octanol–water partition coefficient (Wildman–Crippen LogP) is 2.83. The van der Waals surface area contributed by atoms with Gasteiger partial charge in [0.1, 0.15) is 11.4 Å². The number of nitrogens with zero attached hydrogens (tertiary/aromatic N) is 5. The zero-order valence-corrected chi connectivity index (χ0v) is 16.9. The Balaban J connectivity index is 1.61. The molecule has 3 aromatic rings. The first-order valence-electron chi connectivity index (χ1n) is 8.87. The number of thiophene rings is 1. The van der Waals surface area contributed by atoms with Gasteiger partial charge in [-0.1, -0.05) is 17.6 Å². The maximum Gasteiger partial charge on any atom is 0.248 e. The molecular weight excluding hydrogens is 386 g/mol. The lowest BCUT2D eigenvalue weighted by atomic mass is 10.2. The van der Waals surface area contributed by atoms with Gasteiger partial charge < -0.3 is 4.52 Å². The van der Waals surface area contributed by atoms with E-state index in [0.29, 0.717) is 41.1 Å². The number of aromatic nitrogens is 4. The fourth-order valence-corrected chi connectivity index (χ4v) is 5.93. The van der Waals surface area contributed by atoms with Gasteiger partial charge in [0, 0.05) is 13.1 Å². The summed E-state index contributed by atoms with van der Waals surface area (Å²) < 4.78 is 34.7. The van der Waals surface area contributed by atoms with Gasteiger partial charge in [0.2, 0.25) is 21.7 Å². The molecule has 0 bridgehead atoms. The van der Waals surface area contributed by atoms with Gasteiger partial charge in [0.15, 0.2) is 0 Å². The summed E-state index contributed by atoms with van der Waals surface area (Å²) in [6, 6.07) is 3.85. The lowest BCUT2D eigenvalue weighted by Crippen LogP contribution is -2.36. The van der Waals surface area contributed by atoms with E-state index < -0.39 is 10.0 Å². The van der Waals surface area contributed by atoms with E-state index in [-0.39, 0.29) is 6.54 Å². The van der Waals surface area contributed by atoms with Crippen LogP contribution in [0.1, 0.15) is 36.5 Å². The fourth-order valence-electron chi connectivity index (χ4n) is 3.40. The Morgan fingerprint density at radius 3 is 2.70 bits per heavy atom. The minimum atomic E-state index is -3.54. The molecule has 0 unspecified atom stereocenters. The molecule has 1 aliphatic heterocycles. The number of sulfonamides is 1. The van der Waals surface area contributed by atoms with Gasteiger partial charge in [-0.2, -0.15) is 14.4 Å². The molecular formula is C17H21N5O3S2. The average Bonchev–Trinajstić information content (AvgIpc) is 3.37. The lowest BCUT2D eigenvalue weighted by Gasteiger charge is -2.25. The summed E-state index contributed by atoms with van der Waals surface area (Å²) in [6.07, 6.45) is 2.88. The highest BCUT2D eigenvalue weighted by molar-refractivity contribution is 7.89. The molecule has 8 nitrogen and oxygen atoms in total. The van der Waals surface area contributed by atoms with Gasteiger partial charge >= 0.3 is 0 Å². The van der Waals surface area contributed by atoms with E-state index in [1.165, 1.54) is 11.3 Å². The van der Waals surface area contributed by atoms with Crippen molar-refractivity contribution in [2.24, 2.45) is 0 Å². The van der Waals surface area contributed by atoms with Gasteiger partial charge in [0.05, 0.1) is 16.3 Å². The predicted molar refractivity (Wildman–Crippen MR) is 101 cm³/mol. The first kappa shape index (κ1) is 18.3. The topological polar surface area (TPSA) is 94.1 Å². The highest BCUT2D eigenvalue weighted by Gasteiger charge is 2.32. The van der Waals surface area contributed by atoms with Crippen LogP contribution in [-0.2, 0) is 16.6 Å². The van der Waals surface area contributed by atoms with Gasteiger partial charge in [-0.25, -0.2) is 8.42 Å². The third kappa shape index (κ3) is 3.44. The summed E-state index contributed by atoms with van der Waals surface area (Å²) in [6.45, 7) is 4.87. The van der Waals surface area contributed by atoms with Crippen molar-refractivity contribution in [3.8, 4) is 10.7 Å². The van der Waals surface area contributed by atoms with Crippen LogP contribution in [0.2, 0.25) is 0 Å². The molecule has 0 aromatic carbocycles. The molecule has 1 saturated heterocycles. The molecule has 0 amide bonds. The normalized spacial score (nSPS) is 16.1. The molecule has 0 radical (unpaired) electrons. The van der Waals surface area contributed by atoms with Crippen LogP contribution in [0.15, 0.2) is 26.9 Å². The first-order valence-corrected chi connectivity index (χ1v) is 11.2. The third-order valence-corrected chi connectivity index (χ3v) is 7.74. The molecule has 0 atom stereocenters. The van der Waals surface area contributed by atoms with E-state index in [0.717, 1.165) is 24.1 Å². The van der Waals surface area contributed by atoms with Crippen molar-refractivity contribution in [1.29, 1.82) is 0 Å². The third-order valence-electron chi connectivity index (χ3n) is 4.72. The van der Waals surface area contributed by atoms with E-state index in [2.05, 4.69) is 15.2 Å². The lowest BCUT2D eigenvalue weighted by molar-refractivity contribution is 0.346. The monoisotopic (exact) mass is 407 g/mol. The minimum Gasteiger partial charge on any atom is -0.337 e. The van der Waals surface area contributed by atoms with Crippen molar-refractivity contribution >= 4 is 21.4 Å². The smallest absolute Gasteiger partial charge is 0.248 e. The number of rotatable bonds is 5. The van der Waals surface area contributed by atoms with Crippen molar-refractivity contribution < 1.29 is 12.9 Å². The summed E-state index contributed by atoms with van der Waals surface area (Å²) in [5, 5.41) is 10.4. The Morgan fingerprint density at radius 2 is 2.00 bits per heavy atom. The van der Waals surface area contributed by atoms with Crippen LogP contribution in [0, 0.1) is 13.8 Å². The van der Waals surface area contributed by atoms with Crippen molar-refractivity contribution in [1.82, 2.24) is 24.2 Å². The second-order valence-electron chi connectivity index (χ2n) is 6.61. The molecule has 0 N–H and O–H groups in total. The molecule has 4 rings (SSSR count). The Morgan fingerprint density at radius 1 is 1.22 bits per heavy atom. The summed E-state index contributed by atoms with van der Waals surface area (Å²) in [4.78, 5) is 5.61. The van der Waals surface area contributed by atoms with Crippen LogP contribution < -0.4 is 0 Å². The molecule has 144 valence electrons. The quantitative estimate of drug-likeness (QED) is 0.645. The van der Waals surface area contributed by atoms with Crippen molar-refractivity contribution in [3.05, 3.63) is 34.8 Å². The van der Waals surface area contributed by atoms with Gasteiger partial charge in [-0.05, 0) is 38.1 Å². The minimum absolute atomic E-state index is 0.237. The standard InChI is InChI=1S/C17H21N5O3S2/c1-12-16(27(23,24)21-8-4-3-5-9-21)13(2)22(19-12)11-15-18-17(20-25-15)14-7-6-10-26-14/h6-7,10H,3-5,8-9,11H2,1-2H3. The maximum absolute atomic E-state index is 13.1. The molecule has 10 heteroatoms. The van der Waals surface area contributed by atoms with Crippen LogP contribution in [0.4, 0.5) is 0 Å². The number of piperidine rings is 1. The Labute approximate surface area is 161 Å². The molecule has 27 heavy (non-hydrogen) atoms.